The van der Waals surface area contributed by atoms with Crippen LogP contribution in [0.15, 0.2) is 12.4 Å². The Kier molecular flexibility index (Phi) is 4.96. The molecule has 0 aliphatic rings. The minimum Gasteiger partial charge on any atom is -0.386 e. The maximum Gasteiger partial charge on any atom is 0.108 e. The van der Waals surface area contributed by atoms with E-state index in [9.17, 15) is 5.11 Å². The Labute approximate surface area is 97.2 Å². The average Bonchev–Trinajstić information content (AvgIpc) is 2.73. The van der Waals surface area contributed by atoms with E-state index >= 15 is 0 Å². The third-order valence-electron chi connectivity index (χ3n) is 2.65. The molecule has 0 saturated heterocycles. The summed E-state index contributed by atoms with van der Waals surface area (Å²) in [6.45, 7) is 9.49. The molecule has 0 radical (unpaired) electrons. The lowest BCUT2D eigenvalue weighted by Gasteiger charge is -2.25. The van der Waals surface area contributed by atoms with Gasteiger partial charge in [-0.05, 0) is 19.8 Å². The first-order valence-corrected chi connectivity index (χ1v) is 5.92. The fourth-order valence-electron chi connectivity index (χ4n) is 1.74. The van der Waals surface area contributed by atoms with Gasteiger partial charge in [0.15, 0.2) is 0 Å². The van der Waals surface area contributed by atoms with Crippen molar-refractivity contribution in [1.29, 1.82) is 0 Å². The highest BCUT2D eigenvalue weighted by molar-refractivity contribution is 5.10. The first-order valence-electron chi connectivity index (χ1n) is 5.92. The van der Waals surface area contributed by atoms with E-state index in [-0.39, 0.29) is 12.0 Å². The quantitative estimate of drug-likeness (QED) is 0.807. The van der Waals surface area contributed by atoms with E-state index in [1.54, 1.807) is 6.20 Å². The number of aliphatic hydroxyl groups is 1. The van der Waals surface area contributed by atoms with Crippen LogP contribution in [0.2, 0.25) is 0 Å². The second-order valence-electron chi connectivity index (χ2n) is 4.24. The van der Waals surface area contributed by atoms with Crippen molar-refractivity contribution in [2.75, 3.05) is 6.61 Å². The topological polar surface area (TPSA) is 47.3 Å². The molecule has 2 unspecified atom stereocenters. The molecule has 2 atom stereocenters. The third-order valence-corrected chi connectivity index (χ3v) is 2.65. The van der Waals surface area contributed by atoms with Gasteiger partial charge in [0.2, 0.25) is 0 Å². The van der Waals surface area contributed by atoms with Crippen molar-refractivity contribution in [3.63, 3.8) is 0 Å². The van der Waals surface area contributed by atoms with Crippen LogP contribution in [0, 0.1) is 5.92 Å². The number of nitrogens with zero attached hydrogens (tertiary/aromatic N) is 2. The summed E-state index contributed by atoms with van der Waals surface area (Å²) in [6.07, 6.45) is 2.82. The zero-order chi connectivity index (χ0) is 12.1. The van der Waals surface area contributed by atoms with E-state index in [2.05, 4.69) is 5.10 Å². The van der Waals surface area contributed by atoms with Crippen LogP contribution in [0.4, 0.5) is 0 Å². The number of rotatable bonds is 6. The van der Waals surface area contributed by atoms with Crippen molar-refractivity contribution in [2.24, 2.45) is 5.92 Å². The predicted octanol–water partition coefficient (Wildman–Crippen LogP) is 2.00. The van der Waals surface area contributed by atoms with E-state index in [1.165, 1.54) is 0 Å². The summed E-state index contributed by atoms with van der Waals surface area (Å²) in [6, 6.07) is 0. The van der Waals surface area contributed by atoms with Gasteiger partial charge >= 0.3 is 0 Å². The lowest BCUT2D eigenvalue weighted by molar-refractivity contribution is -0.0585. The van der Waals surface area contributed by atoms with Crippen LogP contribution in [0.25, 0.3) is 0 Å². The highest BCUT2D eigenvalue weighted by Crippen LogP contribution is 2.24. The molecule has 0 aliphatic carbocycles. The highest BCUT2D eigenvalue weighted by Gasteiger charge is 2.25. The van der Waals surface area contributed by atoms with Crippen molar-refractivity contribution in [3.05, 3.63) is 18.0 Å². The van der Waals surface area contributed by atoms with E-state index in [4.69, 9.17) is 4.74 Å². The molecule has 1 N–H and O–H groups in total. The standard InChI is InChI=1S/C12H22N2O2/c1-5-14-8-10(7-13-14)11(15)12(9(3)4)16-6-2/h7-9,11-12,15H,5-6H2,1-4H3. The number of hydrogen-bond acceptors (Lipinski definition) is 3. The van der Waals surface area contributed by atoms with Gasteiger partial charge in [-0.15, -0.1) is 0 Å². The molecule has 0 amide bonds. The monoisotopic (exact) mass is 226 g/mol. The summed E-state index contributed by atoms with van der Waals surface area (Å²) < 4.78 is 7.38. The van der Waals surface area contributed by atoms with Gasteiger partial charge in [-0.25, -0.2) is 0 Å². The van der Waals surface area contributed by atoms with Gasteiger partial charge in [0.1, 0.15) is 6.10 Å². The molecule has 1 rings (SSSR count). The molecule has 1 aromatic heterocycles. The van der Waals surface area contributed by atoms with Crippen LogP contribution >= 0.6 is 0 Å². The lowest BCUT2D eigenvalue weighted by atomic mass is 9.98. The Morgan fingerprint density at radius 3 is 2.56 bits per heavy atom. The SMILES string of the molecule is CCOC(C(C)C)C(O)c1cnn(CC)c1. The van der Waals surface area contributed by atoms with E-state index < -0.39 is 6.10 Å². The van der Waals surface area contributed by atoms with Crippen LogP contribution in [0.3, 0.4) is 0 Å². The Bertz CT molecular complexity index is 310. The molecule has 4 nitrogen and oxygen atoms in total. The lowest BCUT2D eigenvalue weighted by Crippen LogP contribution is -2.27. The van der Waals surface area contributed by atoms with Crippen molar-refractivity contribution >= 4 is 0 Å². The molecular formula is C12H22N2O2. The van der Waals surface area contributed by atoms with Gasteiger partial charge in [-0.3, -0.25) is 4.68 Å². The third kappa shape index (κ3) is 3.06. The Balaban J connectivity index is 2.76. The van der Waals surface area contributed by atoms with Crippen LogP contribution in [-0.2, 0) is 11.3 Å². The largest absolute Gasteiger partial charge is 0.386 e. The van der Waals surface area contributed by atoms with E-state index in [0.717, 1.165) is 12.1 Å². The smallest absolute Gasteiger partial charge is 0.108 e. The molecule has 0 fully saturated rings. The number of hydrogen-bond donors (Lipinski definition) is 1. The van der Waals surface area contributed by atoms with Gasteiger partial charge in [-0.1, -0.05) is 13.8 Å². The summed E-state index contributed by atoms with van der Waals surface area (Å²) in [5, 5.41) is 14.4. The predicted molar refractivity (Wildman–Crippen MR) is 63.1 cm³/mol. The molecule has 92 valence electrons. The van der Waals surface area contributed by atoms with Gasteiger partial charge in [-0.2, -0.15) is 5.10 Å². The normalized spacial score (nSPS) is 15.4. The molecule has 4 heteroatoms. The van der Waals surface area contributed by atoms with Crippen LogP contribution in [0.5, 0.6) is 0 Å². The molecule has 0 aliphatic heterocycles. The molecule has 0 aromatic carbocycles. The van der Waals surface area contributed by atoms with Crippen LogP contribution in [-0.4, -0.2) is 27.6 Å². The maximum atomic E-state index is 10.2. The zero-order valence-electron chi connectivity index (χ0n) is 10.6. The summed E-state index contributed by atoms with van der Waals surface area (Å²) in [7, 11) is 0. The molecule has 0 bridgehead atoms. The fraction of sp³-hybridized carbons (Fsp3) is 0.750. The van der Waals surface area contributed by atoms with E-state index in [0.29, 0.717) is 6.61 Å². The second kappa shape index (κ2) is 6.01. The summed E-state index contributed by atoms with van der Waals surface area (Å²) in [5.41, 5.74) is 0.828. The second-order valence-corrected chi connectivity index (χ2v) is 4.24. The van der Waals surface area contributed by atoms with Crippen molar-refractivity contribution in [2.45, 2.75) is 46.4 Å². The molecule has 1 aromatic rings. The first kappa shape index (κ1) is 13.2. The number of ether oxygens (including phenoxy) is 1. The molecular weight excluding hydrogens is 204 g/mol. The number of aliphatic hydroxyl groups excluding tert-OH is 1. The van der Waals surface area contributed by atoms with Crippen LogP contribution in [0.1, 0.15) is 39.4 Å². The maximum absolute atomic E-state index is 10.2. The fourth-order valence-corrected chi connectivity index (χ4v) is 1.74. The zero-order valence-corrected chi connectivity index (χ0v) is 10.6. The Hall–Kier alpha value is -0.870. The summed E-state index contributed by atoms with van der Waals surface area (Å²) >= 11 is 0. The minimum atomic E-state index is -0.597. The van der Waals surface area contributed by atoms with Gasteiger partial charge in [0.25, 0.3) is 0 Å². The Morgan fingerprint density at radius 1 is 1.44 bits per heavy atom. The van der Waals surface area contributed by atoms with Crippen molar-refractivity contribution in [3.8, 4) is 0 Å². The van der Waals surface area contributed by atoms with Crippen molar-refractivity contribution in [1.82, 2.24) is 9.78 Å². The van der Waals surface area contributed by atoms with Gasteiger partial charge < -0.3 is 9.84 Å². The molecule has 0 spiro atoms. The Morgan fingerprint density at radius 2 is 2.12 bits per heavy atom. The first-order chi connectivity index (χ1) is 7.60. The molecule has 1 heterocycles. The summed E-state index contributed by atoms with van der Waals surface area (Å²) in [4.78, 5) is 0. The van der Waals surface area contributed by atoms with E-state index in [1.807, 2.05) is 38.6 Å². The van der Waals surface area contributed by atoms with Gasteiger partial charge in [0, 0.05) is 24.9 Å². The molecule has 16 heavy (non-hydrogen) atoms. The number of aryl methyl sites for hydroxylation is 1. The minimum absolute atomic E-state index is 0.167. The molecule has 0 saturated carbocycles. The number of aromatic nitrogens is 2. The van der Waals surface area contributed by atoms with Crippen LogP contribution < -0.4 is 0 Å². The highest BCUT2D eigenvalue weighted by atomic mass is 16.5. The average molecular weight is 226 g/mol. The van der Waals surface area contributed by atoms with Gasteiger partial charge in [0.05, 0.1) is 12.3 Å². The summed E-state index contributed by atoms with van der Waals surface area (Å²) in [5.74, 6) is 0.278. The van der Waals surface area contributed by atoms with Crippen molar-refractivity contribution < 1.29 is 9.84 Å².